The summed E-state index contributed by atoms with van der Waals surface area (Å²) >= 11 is 5.91. The van der Waals surface area contributed by atoms with Gasteiger partial charge in [0, 0.05) is 23.5 Å². The number of piperidine rings is 1. The van der Waals surface area contributed by atoms with Crippen LogP contribution < -0.4 is 10.6 Å². The van der Waals surface area contributed by atoms with E-state index in [0.29, 0.717) is 17.6 Å². The van der Waals surface area contributed by atoms with Gasteiger partial charge in [-0.25, -0.2) is 0 Å². The molecule has 0 bridgehead atoms. The quantitative estimate of drug-likeness (QED) is 0.882. The lowest BCUT2D eigenvalue weighted by molar-refractivity contribution is -0.126. The second-order valence-corrected chi connectivity index (χ2v) is 5.36. The van der Waals surface area contributed by atoms with E-state index in [1.54, 1.807) is 0 Å². The minimum atomic E-state index is 0.139. The number of amides is 1. The van der Waals surface area contributed by atoms with Crippen molar-refractivity contribution in [2.45, 2.75) is 32.4 Å². The van der Waals surface area contributed by atoms with E-state index in [4.69, 9.17) is 11.6 Å². The molecule has 1 saturated heterocycles. The summed E-state index contributed by atoms with van der Waals surface area (Å²) in [5.41, 5.74) is 1.04. The van der Waals surface area contributed by atoms with E-state index >= 15 is 0 Å². The number of benzene rings is 1. The number of rotatable bonds is 3. The first-order valence-corrected chi connectivity index (χ1v) is 6.78. The van der Waals surface area contributed by atoms with E-state index in [1.165, 1.54) is 0 Å². The molecule has 2 rings (SSSR count). The Morgan fingerprint density at radius 1 is 1.56 bits per heavy atom. The van der Waals surface area contributed by atoms with Crippen LogP contribution >= 0.6 is 11.6 Å². The molecule has 98 valence electrons. The van der Waals surface area contributed by atoms with Crippen LogP contribution in [0.5, 0.6) is 0 Å². The van der Waals surface area contributed by atoms with Crippen LogP contribution in [0.4, 0.5) is 0 Å². The summed E-state index contributed by atoms with van der Waals surface area (Å²) in [6.45, 7) is 3.60. The summed E-state index contributed by atoms with van der Waals surface area (Å²) in [6, 6.07) is 8.02. The molecule has 0 spiro atoms. The van der Waals surface area contributed by atoms with Crippen LogP contribution in [0.1, 0.15) is 25.3 Å². The van der Waals surface area contributed by atoms with Crippen molar-refractivity contribution in [1.82, 2.24) is 10.6 Å². The Balaban J connectivity index is 1.84. The minimum absolute atomic E-state index is 0.139. The van der Waals surface area contributed by atoms with E-state index in [9.17, 15) is 4.79 Å². The highest BCUT2D eigenvalue weighted by molar-refractivity contribution is 6.30. The van der Waals surface area contributed by atoms with Crippen LogP contribution in [0, 0.1) is 5.92 Å². The van der Waals surface area contributed by atoms with Crippen molar-refractivity contribution in [2.75, 3.05) is 6.54 Å². The molecule has 18 heavy (non-hydrogen) atoms. The van der Waals surface area contributed by atoms with Gasteiger partial charge in [0.1, 0.15) is 0 Å². The van der Waals surface area contributed by atoms with Crippen molar-refractivity contribution in [2.24, 2.45) is 5.92 Å². The van der Waals surface area contributed by atoms with Crippen molar-refractivity contribution in [3.05, 3.63) is 34.9 Å². The zero-order chi connectivity index (χ0) is 13.0. The third-order valence-corrected chi connectivity index (χ3v) is 3.59. The zero-order valence-corrected chi connectivity index (χ0v) is 11.3. The predicted molar refractivity (Wildman–Crippen MR) is 73.5 cm³/mol. The molecule has 1 heterocycles. The van der Waals surface area contributed by atoms with Gasteiger partial charge in [-0.3, -0.25) is 4.79 Å². The molecule has 2 unspecified atom stereocenters. The fourth-order valence-electron chi connectivity index (χ4n) is 2.35. The summed E-state index contributed by atoms with van der Waals surface area (Å²) < 4.78 is 0. The Kier molecular flexibility index (Phi) is 4.61. The topological polar surface area (TPSA) is 41.1 Å². The van der Waals surface area contributed by atoms with Crippen LogP contribution in [0.3, 0.4) is 0 Å². The molecule has 1 aliphatic rings. The van der Waals surface area contributed by atoms with E-state index in [-0.39, 0.29) is 11.8 Å². The minimum Gasteiger partial charge on any atom is -0.352 e. The van der Waals surface area contributed by atoms with E-state index in [0.717, 1.165) is 24.9 Å². The molecule has 2 atom stereocenters. The molecule has 0 radical (unpaired) electrons. The normalized spacial score (nSPS) is 23.7. The molecule has 1 aliphatic heterocycles. The molecule has 3 nitrogen and oxygen atoms in total. The Bertz CT molecular complexity index is 422. The molecule has 1 amide bonds. The van der Waals surface area contributed by atoms with Gasteiger partial charge in [-0.05, 0) is 44.0 Å². The summed E-state index contributed by atoms with van der Waals surface area (Å²) in [7, 11) is 0. The standard InChI is InChI=1S/C14H19ClN2O/c1-10-7-12(5-6-16-10)14(18)17-9-11-3-2-4-13(15)8-11/h2-4,8,10,12,16H,5-7,9H2,1H3,(H,17,18). The lowest BCUT2D eigenvalue weighted by Crippen LogP contribution is -2.42. The van der Waals surface area contributed by atoms with Gasteiger partial charge in [0.2, 0.25) is 5.91 Å². The van der Waals surface area contributed by atoms with Gasteiger partial charge >= 0.3 is 0 Å². The van der Waals surface area contributed by atoms with Gasteiger partial charge in [-0.1, -0.05) is 23.7 Å². The summed E-state index contributed by atoms with van der Waals surface area (Å²) in [4.78, 5) is 12.0. The second-order valence-electron chi connectivity index (χ2n) is 4.92. The van der Waals surface area contributed by atoms with E-state index in [1.807, 2.05) is 24.3 Å². The van der Waals surface area contributed by atoms with Crippen LogP contribution in [0.2, 0.25) is 5.02 Å². The number of halogens is 1. The number of carbonyl (C=O) groups excluding carboxylic acids is 1. The maximum atomic E-state index is 12.0. The Morgan fingerprint density at radius 2 is 2.39 bits per heavy atom. The summed E-state index contributed by atoms with van der Waals surface area (Å²) in [6.07, 6.45) is 1.84. The molecular formula is C14H19ClN2O. The van der Waals surface area contributed by atoms with Crippen molar-refractivity contribution in [3.63, 3.8) is 0 Å². The van der Waals surface area contributed by atoms with Crippen molar-refractivity contribution >= 4 is 17.5 Å². The van der Waals surface area contributed by atoms with Crippen LogP contribution in [-0.4, -0.2) is 18.5 Å². The number of hydrogen-bond acceptors (Lipinski definition) is 2. The molecule has 1 aromatic rings. The number of nitrogens with one attached hydrogen (secondary N) is 2. The maximum absolute atomic E-state index is 12.0. The van der Waals surface area contributed by atoms with Gasteiger partial charge in [0.25, 0.3) is 0 Å². The van der Waals surface area contributed by atoms with Crippen molar-refractivity contribution in [1.29, 1.82) is 0 Å². The molecular weight excluding hydrogens is 248 g/mol. The third-order valence-electron chi connectivity index (χ3n) is 3.35. The summed E-state index contributed by atoms with van der Waals surface area (Å²) in [5.74, 6) is 0.295. The first kappa shape index (κ1) is 13.4. The molecule has 0 aliphatic carbocycles. The average Bonchev–Trinajstić information content (AvgIpc) is 2.36. The lowest BCUT2D eigenvalue weighted by atomic mass is 9.92. The van der Waals surface area contributed by atoms with Crippen LogP contribution in [0.15, 0.2) is 24.3 Å². The van der Waals surface area contributed by atoms with Crippen molar-refractivity contribution < 1.29 is 4.79 Å². The highest BCUT2D eigenvalue weighted by Crippen LogP contribution is 2.16. The first-order valence-electron chi connectivity index (χ1n) is 6.40. The van der Waals surface area contributed by atoms with E-state index < -0.39 is 0 Å². The second kappa shape index (κ2) is 6.21. The van der Waals surface area contributed by atoms with Crippen LogP contribution in [-0.2, 0) is 11.3 Å². The molecule has 0 aromatic heterocycles. The van der Waals surface area contributed by atoms with Gasteiger partial charge in [0.15, 0.2) is 0 Å². The highest BCUT2D eigenvalue weighted by atomic mass is 35.5. The lowest BCUT2D eigenvalue weighted by Gasteiger charge is -2.27. The number of hydrogen-bond donors (Lipinski definition) is 2. The first-order chi connectivity index (χ1) is 8.65. The molecule has 0 saturated carbocycles. The molecule has 1 fully saturated rings. The third kappa shape index (κ3) is 3.72. The predicted octanol–water partition coefficient (Wildman–Crippen LogP) is 2.34. The van der Waals surface area contributed by atoms with Crippen LogP contribution in [0.25, 0.3) is 0 Å². The van der Waals surface area contributed by atoms with Crippen molar-refractivity contribution in [3.8, 4) is 0 Å². The average molecular weight is 267 g/mol. The number of carbonyl (C=O) groups is 1. The molecule has 2 N–H and O–H groups in total. The SMILES string of the molecule is CC1CC(C(=O)NCc2cccc(Cl)c2)CCN1. The Labute approximate surface area is 113 Å². The fraction of sp³-hybridized carbons (Fsp3) is 0.500. The van der Waals surface area contributed by atoms with Gasteiger partial charge < -0.3 is 10.6 Å². The Morgan fingerprint density at radius 3 is 3.11 bits per heavy atom. The largest absolute Gasteiger partial charge is 0.352 e. The maximum Gasteiger partial charge on any atom is 0.223 e. The van der Waals surface area contributed by atoms with E-state index in [2.05, 4.69) is 17.6 Å². The summed E-state index contributed by atoms with van der Waals surface area (Å²) in [5, 5.41) is 7.05. The molecule has 4 heteroatoms. The smallest absolute Gasteiger partial charge is 0.223 e. The molecule has 1 aromatic carbocycles. The Hall–Kier alpha value is -1.06. The zero-order valence-electron chi connectivity index (χ0n) is 10.6. The highest BCUT2D eigenvalue weighted by Gasteiger charge is 2.24. The fourth-order valence-corrected chi connectivity index (χ4v) is 2.56. The monoisotopic (exact) mass is 266 g/mol. The van der Waals surface area contributed by atoms with Gasteiger partial charge in [-0.2, -0.15) is 0 Å². The van der Waals surface area contributed by atoms with Gasteiger partial charge in [-0.15, -0.1) is 0 Å². The van der Waals surface area contributed by atoms with Gasteiger partial charge in [0.05, 0.1) is 0 Å².